The molecule has 4 heteroatoms. The minimum absolute atomic E-state index is 0.580. The fourth-order valence-corrected chi connectivity index (χ4v) is 0.0636. The number of alkyl halides is 1. The summed E-state index contributed by atoms with van der Waals surface area (Å²) in [6.07, 6.45) is 0. The normalized spacial score (nSPS) is 12.0. The first-order valence-corrected chi connectivity index (χ1v) is 2.76. The number of halogens is 1. The molecule has 0 saturated carbocycles. The van der Waals surface area contributed by atoms with E-state index in [2.05, 4.69) is 5.73 Å². The highest BCUT2D eigenvalue weighted by Crippen LogP contribution is 1.93. The molecular weight excluding hydrogens is 207 g/mol. The molecule has 0 saturated heterocycles. The van der Waals surface area contributed by atoms with Crippen molar-refractivity contribution in [3.05, 3.63) is 0 Å². The van der Waals surface area contributed by atoms with Crippen LogP contribution in [-0.4, -0.2) is 9.83 Å². The number of hydrogen-bond donors (Lipinski definition) is 1. The van der Waals surface area contributed by atoms with Gasteiger partial charge < -0.3 is 5.73 Å². The van der Waals surface area contributed by atoms with Crippen LogP contribution in [-0.2, 0) is 4.79 Å². The van der Waals surface area contributed by atoms with Crippen molar-refractivity contribution in [3.63, 3.8) is 0 Å². The van der Waals surface area contributed by atoms with E-state index in [1.54, 1.807) is 28.7 Å². The number of rotatable bonds is 1. The van der Waals surface area contributed by atoms with Crippen LogP contribution in [0.3, 0.4) is 0 Å². The summed E-state index contributed by atoms with van der Waals surface area (Å²) in [6, 6.07) is 1.68. The van der Waals surface area contributed by atoms with E-state index < -0.39 is 9.83 Å². The van der Waals surface area contributed by atoms with Gasteiger partial charge in [0.2, 0.25) is 5.91 Å². The summed E-state index contributed by atoms with van der Waals surface area (Å²) in [6.45, 7) is 0. The summed E-state index contributed by atoms with van der Waals surface area (Å²) in [4.78, 5) is 9.92. The predicted molar refractivity (Wildman–Crippen MR) is 32.6 cm³/mol. The van der Waals surface area contributed by atoms with E-state index >= 15 is 0 Å². The van der Waals surface area contributed by atoms with Crippen molar-refractivity contribution in [3.8, 4) is 6.07 Å². The smallest absolute Gasteiger partial charge is 0.244 e. The summed E-state index contributed by atoms with van der Waals surface area (Å²) >= 11 is 1.66. The van der Waals surface area contributed by atoms with Gasteiger partial charge in [0.05, 0.1) is 6.07 Å². The van der Waals surface area contributed by atoms with Crippen LogP contribution in [0.1, 0.15) is 0 Å². The molecule has 3 nitrogen and oxygen atoms in total. The monoisotopic (exact) mass is 210 g/mol. The number of carbonyl (C=O) groups excluding carboxylic acids is 1. The van der Waals surface area contributed by atoms with E-state index in [0.717, 1.165) is 0 Å². The topological polar surface area (TPSA) is 66.9 Å². The van der Waals surface area contributed by atoms with Crippen LogP contribution in [0.4, 0.5) is 0 Å². The summed E-state index contributed by atoms with van der Waals surface area (Å²) in [5, 5.41) is 7.95. The molecule has 7 heavy (non-hydrogen) atoms. The van der Waals surface area contributed by atoms with E-state index in [4.69, 9.17) is 5.26 Å². The maximum absolute atomic E-state index is 9.92. The lowest BCUT2D eigenvalue weighted by atomic mass is 10.5. The minimum Gasteiger partial charge on any atom is -0.368 e. The quantitative estimate of drug-likeness (QED) is 0.481. The third kappa shape index (κ3) is 2.39. The van der Waals surface area contributed by atoms with E-state index in [1.807, 2.05) is 0 Å². The van der Waals surface area contributed by atoms with Crippen molar-refractivity contribution in [2.45, 2.75) is 3.92 Å². The highest BCUT2D eigenvalue weighted by atomic mass is 127. The Kier molecular flexibility index (Phi) is 2.67. The van der Waals surface area contributed by atoms with Crippen LogP contribution < -0.4 is 5.73 Å². The lowest BCUT2D eigenvalue weighted by Gasteiger charge is -1.85. The fraction of sp³-hybridized carbons (Fsp3) is 0.333. The number of nitrogens with two attached hydrogens (primary N) is 1. The molecule has 0 rings (SSSR count). The Bertz CT molecular complexity index is 117. The maximum atomic E-state index is 9.92. The lowest BCUT2D eigenvalue weighted by Crippen LogP contribution is -2.20. The molecule has 2 N–H and O–H groups in total. The Morgan fingerprint density at radius 1 is 2.00 bits per heavy atom. The molecule has 0 aliphatic rings. The Morgan fingerprint density at radius 2 is 2.43 bits per heavy atom. The van der Waals surface area contributed by atoms with Gasteiger partial charge in [-0.3, -0.25) is 4.79 Å². The van der Waals surface area contributed by atoms with Crippen molar-refractivity contribution >= 4 is 28.5 Å². The Morgan fingerprint density at radius 3 is 2.43 bits per heavy atom. The second-order valence-electron chi connectivity index (χ2n) is 0.894. The number of nitrogens with zero attached hydrogens (tertiary/aromatic N) is 1. The van der Waals surface area contributed by atoms with Crippen molar-refractivity contribution in [2.75, 3.05) is 0 Å². The molecule has 0 heterocycles. The van der Waals surface area contributed by atoms with Gasteiger partial charge in [0.1, 0.15) is 0 Å². The summed E-state index contributed by atoms with van der Waals surface area (Å²) < 4.78 is -0.683. The van der Waals surface area contributed by atoms with Crippen molar-refractivity contribution < 1.29 is 4.79 Å². The van der Waals surface area contributed by atoms with Crippen LogP contribution in [0.25, 0.3) is 0 Å². The largest absolute Gasteiger partial charge is 0.368 e. The average molecular weight is 210 g/mol. The fourth-order valence-electron chi connectivity index (χ4n) is 0.0636. The summed E-state index contributed by atoms with van der Waals surface area (Å²) in [5.74, 6) is -0.580. The Hall–Kier alpha value is -0.310. The highest BCUT2D eigenvalue weighted by molar-refractivity contribution is 14.1. The third-order valence-corrected chi connectivity index (χ3v) is 1.26. The molecule has 0 aliphatic heterocycles. The Labute approximate surface area is 54.6 Å². The van der Waals surface area contributed by atoms with Crippen LogP contribution in [0.15, 0.2) is 0 Å². The standard InChI is InChI=1S/C3H3IN2O/c4-2(1-5)3(6)7/h2H,(H2,6,7). The third-order valence-electron chi connectivity index (χ3n) is 0.363. The number of hydrogen-bond acceptors (Lipinski definition) is 2. The van der Waals surface area contributed by atoms with Crippen molar-refractivity contribution in [2.24, 2.45) is 5.73 Å². The molecule has 38 valence electrons. The van der Waals surface area contributed by atoms with Crippen LogP contribution in [0, 0.1) is 11.3 Å². The second-order valence-corrected chi connectivity index (χ2v) is 2.14. The molecule has 0 aromatic carbocycles. The molecule has 0 fully saturated rings. The molecule has 0 aromatic heterocycles. The average Bonchev–Trinajstić information content (AvgIpc) is 1.65. The van der Waals surface area contributed by atoms with Gasteiger partial charge in [0.15, 0.2) is 3.92 Å². The molecule has 0 radical (unpaired) electrons. The molecule has 0 aromatic rings. The number of primary amides is 1. The zero-order chi connectivity index (χ0) is 5.86. The molecule has 1 unspecified atom stereocenters. The lowest BCUT2D eigenvalue weighted by molar-refractivity contribution is -0.116. The SMILES string of the molecule is N#CC(I)C(N)=O. The van der Waals surface area contributed by atoms with E-state index in [1.165, 1.54) is 0 Å². The zero-order valence-corrected chi connectivity index (χ0v) is 5.55. The molecule has 1 amide bonds. The second kappa shape index (κ2) is 2.80. The van der Waals surface area contributed by atoms with E-state index in [0.29, 0.717) is 0 Å². The van der Waals surface area contributed by atoms with Gasteiger partial charge in [-0.25, -0.2) is 0 Å². The van der Waals surface area contributed by atoms with Crippen molar-refractivity contribution in [1.29, 1.82) is 5.26 Å². The first-order chi connectivity index (χ1) is 3.18. The number of nitriles is 1. The van der Waals surface area contributed by atoms with Crippen LogP contribution >= 0.6 is 22.6 Å². The number of carbonyl (C=O) groups is 1. The number of amides is 1. The highest BCUT2D eigenvalue weighted by Gasteiger charge is 2.05. The van der Waals surface area contributed by atoms with Gasteiger partial charge >= 0.3 is 0 Å². The predicted octanol–water partition coefficient (Wildman–Crippen LogP) is -0.201. The molecule has 0 spiro atoms. The zero-order valence-electron chi connectivity index (χ0n) is 3.39. The molecule has 0 bridgehead atoms. The van der Waals surface area contributed by atoms with Gasteiger partial charge in [-0.2, -0.15) is 5.26 Å². The van der Waals surface area contributed by atoms with Crippen LogP contribution in [0.2, 0.25) is 0 Å². The first-order valence-electron chi connectivity index (χ1n) is 1.51. The van der Waals surface area contributed by atoms with Crippen LogP contribution in [0.5, 0.6) is 0 Å². The molecular formula is C3H3IN2O. The molecule has 1 atom stereocenters. The van der Waals surface area contributed by atoms with Gasteiger partial charge in [-0.1, -0.05) is 22.6 Å². The van der Waals surface area contributed by atoms with Gasteiger partial charge in [-0.05, 0) is 0 Å². The maximum Gasteiger partial charge on any atom is 0.244 e. The van der Waals surface area contributed by atoms with Gasteiger partial charge in [0, 0.05) is 0 Å². The van der Waals surface area contributed by atoms with Crippen molar-refractivity contribution in [1.82, 2.24) is 0 Å². The summed E-state index contributed by atoms with van der Waals surface area (Å²) in [5.41, 5.74) is 4.68. The van der Waals surface area contributed by atoms with Gasteiger partial charge in [0.25, 0.3) is 0 Å². The Balaban J connectivity index is 3.63. The van der Waals surface area contributed by atoms with E-state index in [9.17, 15) is 4.79 Å². The minimum atomic E-state index is -0.683. The summed E-state index contributed by atoms with van der Waals surface area (Å²) in [7, 11) is 0. The molecule has 0 aliphatic carbocycles. The van der Waals surface area contributed by atoms with E-state index in [-0.39, 0.29) is 0 Å². The first kappa shape index (κ1) is 6.69. The van der Waals surface area contributed by atoms with Gasteiger partial charge in [-0.15, -0.1) is 0 Å².